The fourth-order valence-electron chi connectivity index (χ4n) is 3.25. The third-order valence-corrected chi connectivity index (χ3v) is 5.67. The van der Waals surface area contributed by atoms with E-state index in [2.05, 4.69) is 10.4 Å². The topological polar surface area (TPSA) is 107 Å². The molecule has 170 valence electrons. The minimum absolute atomic E-state index is 0.0644. The molecular formula is C21H21F3N4O3S. The Hall–Kier alpha value is -3.18. The van der Waals surface area contributed by atoms with Gasteiger partial charge in [0, 0.05) is 11.9 Å². The number of hydrogen-bond donors (Lipinski definition) is 2. The molecule has 3 rings (SSSR count). The molecule has 0 aliphatic rings. The minimum Gasteiger partial charge on any atom is -0.326 e. The first-order valence-electron chi connectivity index (χ1n) is 9.53. The summed E-state index contributed by atoms with van der Waals surface area (Å²) in [7, 11) is -4.34. The van der Waals surface area contributed by atoms with Crippen LogP contribution < -0.4 is 10.5 Å². The van der Waals surface area contributed by atoms with Crippen LogP contribution in [0.3, 0.4) is 0 Å². The Bertz CT molecular complexity index is 1250. The molecule has 0 bridgehead atoms. The van der Waals surface area contributed by atoms with Crippen molar-refractivity contribution in [2.45, 2.75) is 37.3 Å². The molecule has 0 unspecified atom stereocenters. The molecule has 3 N–H and O–H groups in total. The van der Waals surface area contributed by atoms with Crippen LogP contribution in [0.1, 0.15) is 36.5 Å². The van der Waals surface area contributed by atoms with Gasteiger partial charge in [0.05, 0.1) is 23.9 Å². The Labute approximate surface area is 183 Å². The summed E-state index contributed by atoms with van der Waals surface area (Å²) in [5.41, 5.74) is 0.764. The number of carbonyl (C=O) groups excluding carboxylic acids is 1. The smallest absolute Gasteiger partial charge is 0.326 e. The summed E-state index contributed by atoms with van der Waals surface area (Å²) in [4.78, 5) is 12.1. The second kappa shape index (κ2) is 8.75. The zero-order valence-electron chi connectivity index (χ0n) is 17.2. The molecule has 2 aromatic carbocycles. The van der Waals surface area contributed by atoms with Gasteiger partial charge in [-0.15, -0.1) is 0 Å². The van der Waals surface area contributed by atoms with E-state index < -0.39 is 26.7 Å². The number of carbonyl (C=O) groups is 1. The number of amides is 1. The lowest BCUT2D eigenvalue weighted by Crippen LogP contribution is -2.18. The molecule has 0 saturated carbocycles. The lowest BCUT2D eigenvalue weighted by molar-refractivity contribution is -0.137. The fourth-order valence-corrected chi connectivity index (χ4v) is 3.99. The van der Waals surface area contributed by atoms with Crippen LogP contribution in [0.5, 0.6) is 0 Å². The lowest BCUT2D eigenvalue weighted by atomic mass is 9.95. The second-order valence-electron chi connectivity index (χ2n) is 7.48. The van der Waals surface area contributed by atoms with Gasteiger partial charge in [-0.05, 0) is 35.2 Å². The monoisotopic (exact) mass is 466 g/mol. The predicted molar refractivity (Wildman–Crippen MR) is 113 cm³/mol. The van der Waals surface area contributed by atoms with E-state index in [1.807, 2.05) is 38.1 Å². The Morgan fingerprint density at radius 2 is 1.88 bits per heavy atom. The van der Waals surface area contributed by atoms with Crippen LogP contribution in [0.25, 0.3) is 5.69 Å². The Balaban J connectivity index is 1.90. The van der Waals surface area contributed by atoms with Gasteiger partial charge in [0.1, 0.15) is 4.90 Å². The number of hydrogen-bond acceptors (Lipinski definition) is 4. The SMILES string of the molecule is CC(C)c1ccccc1CC(=O)Nc1ccc(-n2cc(C(F)(F)F)cn2)c(S(N)(=O)=O)c1. The Kier molecular flexibility index (Phi) is 6.42. The predicted octanol–water partition coefficient (Wildman–Crippen LogP) is 3.84. The number of nitrogens with two attached hydrogens (primary N) is 1. The molecule has 0 spiro atoms. The van der Waals surface area contributed by atoms with Crippen LogP contribution in [0.15, 0.2) is 59.8 Å². The van der Waals surface area contributed by atoms with E-state index in [1.165, 1.54) is 12.1 Å². The van der Waals surface area contributed by atoms with E-state index in [0.29, 0.717) is 12.4 Å². The molecule has 3 aromatic rings. The van der Waals surface area contributed by atoms with Crippen molar-refractivity contribution in [3.05, 3.63) is 71.5 Å². The van der Waals surface area contributed by atoms with Crippen molar-refractivity contribution in [1.29, 1.82) is 0 Å². The van der Waals surface area contributed by atoms with Crippen molar-refractivity contribution in [2.75, 3.05) is 5.32 Å². The van der Waals surface area contributed by atoms with E-state index in [1.54, 1.807) is 0 Å². The number of anilines is 1. The molecule has 0 saturated heterocycles. The van der Waals surface area contributed by atoms with Gasteiger partial charge >= 0.3 is 6.18 Å². The Morgan fingerprint density at radius 3 is 2.47 bits per heavy atom. The van der Waals surface area contributed by atoms with Crippen molar-refractivity contribution in [2.24, 2.45) is 5.14 Å². The average Bonchev–Trinajstić information content (AvgIpc) is 3.18. The van der Waals surface area contributed by atoms with Gasteiger partial charge in [-0.25, -0.2) is 18.2 Å². The molecule has 1 heterocycles. The molecule has 11 heteroatoms. The van der Waals surface area contributed by atoms with Gasteiger partial charge < -0.3 is 5.32 Å². The number of alkyl halides is 3. The average molecular weight is 466 g/mol. The number of primary sulfonamides is 1. The number of aromatic nitrogens is 2. The van der Waals surface area contributed by atoms with Crippen molar-refractivity contribution in [3.8, 4) is 5.69 Å². The molecule has 0 atom stereocenters. The first-order chi connectivity index (χ1) is 14.9. The fraction of sp³-hybridized carbons (Fsp3) is 0.238. The molecule has 0 aliphatic heterocycles. The number of nitrogens with one attached hydrogen (secondary N) is 1. The van der Waals surface area contributed by atoms with Crippen molar-refractivity contribution in [1.82, 2.24) is 9.78 Å². The van der Waals surface area contributed by atoms with Crippen LogP contribution in [-0.4, -0.2) is 24.1 Å². The maximum Gasteiger partial charge on any atom is 0.419 e. The third-order valence-electron chi connectivity index (χ3n) is 4.73. The van der Waals surface area contributed by atoms with Gasteiger partial charge in [-0.3, -0.25) is 4.79 Å². The largest absolute Gasteiger partial charge is 0.419 e. The molecule has 32 heavy (non-hydrogen) atoms. The standard InChI is InChI=1S/C21H21F3N4O3S/c1-13(2)17-6-4-3-5-14(17)9-20(29)27-16-7-8-18(19(10-16)32(25,30)31)28-12-15(11-26-28)21(22,23)24/h3-8,10-13H,9H2,1-2H3,(H,27,29)(H2,25,30,31). The third kappa shape index (κ3) is 5.35. The number of sulfonamides is 1. The maximum absolute atomic E-state index is 12.9. The van der Waals surface area contributed by atoms with E-state index in [-0.39, 0.29) is 29.6 Å². The van der Waals surface area contributed by atoms with Crippen molar-refractivity contribution in [3.63, 3.8) is 0 Å². The van der Waals surface area contributed by atoms with Gasteiger partial charge in [-0.2, -0.15) is 18.3 Å². The molecule has 7 nitrogen and oxygen atoms in total. The summed E-state index contributed by atoms with van der Waals surface area (Å²) >= 11 is 0. The zero-order valence-corrected chi connectivity index (χ0v) is 18.0. The quantitative estimate of drug-likeness (QED) is 0.576. The molecule has 1 aromatic heterocycles. The van der Waals surface area contributed by atoms with Crippen LogP contribution in [0.2, 0.25) is 0 Å². The highest BCUT2D eigenvalue weighted by Crippen LogP contribution is 2.30. The number of rotatable bonds is 6. The summed E-state index contributed by atoms with van der Waals surface area (Å²) < 4.78 is 63.6. The van der Waals surface area contributed by atoms with E-state index in [0.717, 1.165) is 21.9 Å². The van der Waals surface area contributed by atoms with Crippen LogP contribution in [0, 0.1) is 0 Å². The first-order valence-corrected chi connectivity index (χ1v) is 11.1. The number of benzene rings is 2. The van der Waals surface area contributed by atoms with Crippen LogP contribution in [-0.2, 0) is 27.4 Å². The number of nitrogens with zero attached hydrogens (tertiary/aromatic N) is 2. The maximum atomic E-state index is 12.9. The molecular weight excluding hydrogens is 445 g/mol. The highest BCUT2D eigenvalue weighted by Gasteiger charge is 2.32. The van der Waals surface area contributed by atoms with Gasteiger partial charge in [-0.1, -0.05) is 38.1 Å². The van der Waals surface area contributed by atoms with E-state index in [4.69, 9.17) is 5.14 Å². The first kappa shape index (κ1) is 23.5. The zero-order chi connectivity index (χ0) is 23.7. The Morgan fingerprint density at radius 1 is 1.19 bits per heavy atom. The second-order valence-corrected chi connectivity index (χ2v) is 9.01. The number of halogens is 3. The molecule has 0 fully saturated rings. The van der Waals surface area contributed by atoms with E-state index >= 15 is 0 Å². The van der Waals surface area contributed by atoms with Gasteiger partial charge in [0.25, 0.3) is 0 Å². The minimum atomic E-state index is -4.64. The summed E-state index contributed by atoms with van der Waals surface area (Å²) in [6.45, 7) is 4.01. The highest BCUT2D eigenvalue weighted by atomic mass is 32.2. The van der Waals surface area contributed by atoms with Gasteiger partial charge in [0.15, 0.2) is 0 Å². The summed E-state index contributed by atoms with van der Waals surface area (Å²) in [6.07, 6.45) is -3.34. The van der Waals surface area contributed by atoms with Crippen molar-refractivity contribution >= 4 is 21.6 Å². The van der Waals surface area contributed by atoms with Crippen molar-refractivity contribution < 1.29 is 26.4 Å². The van der Waals surface area contributed by atoms with Crippen LogP contribution in [0.4, 0.5) is 18.9 Å². The summed E-state index contributed by atoms with van der Waals surface area (Å²) in [6, 6.07) is 11.2. The summed E-state index contributed by atoms with van der Waals surface area (Å²) in [5.74, 6) is -0.174. The highest BCUT2D eigenvalue weighted by molar-refractivity contribution is 7.89. The van der Waals surface area contributed by atoms with E-state index in [9.17, 15) is 26.4 Å². The van der Waals surface area contributed by atoms with Gasteiger partial charge in [0.2, 0.25) is 15.9 Å². The molecule has 1 amide bonds. The normalized spacial score (nSPS) is 12.2. The molecule has 0 aliphatic carbocycles. The lowest BCUT2D eigenvalue weighted by Gasteiger charge is -2.14. The molecule has 0 radical (unpaired) electrons. The van der Waals surface area contributed by atoms with Crippen LogP contribution >= 0.6 is 0 Å². The summed E-state index contributed by atoms with van der Waals surface area (Å²) in [5, 5.41) is 11.5.